The van der Waals surface area contributed by atoms with Gasteiger partial charge in [0.2, 0.25) is 0 Å². The SMILES string of the molecule is CC(=O)c1c(F)cccc1NC[C@@](C)(O)C(=O)O. The van der Waals surface area contributed by atoms with Gasteiger partial charge in [0.15, 0.2) is 11.4 Å². The molecule has 18 heavy (non-hydrogen) atoms. The van der Waals surface area contributed by atoms with E-state index in [9.17, 15) is 19.1 Å². The van der Waals surface area contributed by atoms with Gasteiger partial charge in [-0.3, -0.25) is 4.79 Å². The Hall–Kier alpha value is -1.95. The summed E-state index contributed by atoms with van der Waals surface area (Å²) in [6.07, 6.45) is 0. The predicted molar refractivity (Wildman–Crippen MR) is 63.2 cm³/mol. The van der Waals surface area contributed by atoms with Crippen LogP contribution >= 0.6 is 0 Å². The quantitative estimate of drug-likeness (QED) is 0.690. The molecule has 0 aliphatic heterocycles. The first-order chi connectivity index (χ1) is 8.25. The molecule has 98 valence electrons. The maximum Gasteiger partial charge on any atom is 0.337 e. The van der Waals surface area contributed by atoms with E-state index in [2.05, 4.69) is 5.32 Å². The van der Waals surface area contributed by atoms with Crippen molar-refractivity contribution >= 4 is 17.4 Å². The molecular formula is C12H14FNO4. The predicted octanol–water partition coefficient (Wildman–Crippen LogP) is 1.28. The van der Waals surface area contributed by atoms with Crippen LogP contribution in [0.4, 0.5) is 10.1 Å². The molecule has 0 aliphatic rings. The summed E-state index contributed by atoms with van der Waals surface area (Å²) in [5.74, 6) is -2.58. The molecule has 0 fully saturated rings. The van der Waals surface area contributed by atoms with E-state index in [0.717, 1.165) is 13.0 Å². The van der Waals surface area contributed by atoms with Gasteiger partial charge in [0.05, 0.1) is 12.1 Å². The number of ketones is 1. The third-order valence-electron chi connectivity index (χ3n) is 2.45. The zero-order chi connectivity index (χ0) is 13.9. The molecule has 5 nitrogen and oxygen atoms in total. The third kappa shape index (κ3) is 3.04. The van der Waals surface area contributed by atoms with Gasteiger partial charge in [-0.2, -0.15) is 0 Å². The van der Waals surface area contributed by atoms with Crippen molar-refractivity contribution in [3.63, 3.8) is 0 Å². The lowest BCUT2D eigenvalue weighted by atomic mass is 10.1. The number of rotatable bonds is 5. The first kappa shape index (κ1) is 14.1. The summed E-state index contributed by atoms with van der Waals surface area (Å²) >= 11 is 0. The Balaban J connectivity index is 2.96. The van der Waals surface area contributed by atoms with Gasteiger partial charge < -0.3 is 15.5 Å². The molecule has 1 aromatic carbocycles. The maximum absolute atomic E-state index is 13.4. The Labute approximate surface area is 103 Å². The van der Waals surface area contributed by atoms with E-state index in [0.29, 0.717) is 0 Å². The van der Waals surface area contributed by atoms with Crippen LogP contribution in [-0.2, 0) is 4.79 Å². The first-order valence-electron chi connectivity index (χ1n) is 5.25. The molecule has 6 heteroatoms. The Morgan fingerprint density at radius 1 is 1.44 bits per heavy atom. The molecule has 0 saturated carbocycles. The highest BCUT2D eigenvalue weighted by Gasteiger charge is 2.30. The van der Waals surface area contributed by atoms with Crippen molar-refractivity contribution in [1.29, 1.82) is 0 Å². The summed E-state index contributed by atoms with van der Waals surface area (Å²) in [6, 6.07) is 3.97. The van der Waals surface area contributed by atoms with Gasteiger partial charge in [-0.1, -0.05) is 6.07 Å². The van der Waals surface area contributed by atoms with E-state index in [-0.39, 0.29) is 17.8 Å². The van der Waals surface area contributed by atoms with Crippen molar-refractivity contribution in [2.45, 2.75) is 19.4 Å². The number of hydrogen-bond donors (Lipinski definition) is 3. The summed E-state index contributed by atoms with van der Waals surface area (Å²) in [5, 5.41) is 20.8. The first-order valence-corrected chi connectivity index (χ1v) is 5.25. The van der Waals surface area contributed by atoms with Gasteiger partial charge in [-0.15, -0.1) is 0 Å². The monoisotopic (exact) mass is 255 g/mol. The topological polar surface area (TPSA) is 86.6 Å². The summed E-state index contributed by atoms with van der Waals surface area (Å²) in [7, 11) is 0. The van der Waals surface area contributed by atoms with Gasteiger partial charge in [0.1, 0.15) is 5.82 Å². The Morgan fingerprint density at radius 2 is 2.06 bits per heavy atom. The molecule has 1 aromatic rings. The summed E-state index contributed by atoms with van der Waals surface area (Å²) < 4.78 is 13.4. The molecule has 0 spiro atoms. The summed E-state index contributed by atoms with van der Waals surface area (Å²) in [5.41, 5.74) is -2.00. The molecule has 0 aliphatic carbocycles. The number of nitrogens with one attached hydrogen (secondary N) is 1. The fraction of sp³-hybridized carbons (Fsp3) is 0.333. The van der Waals surface area contributed by atoms with Crippen LogP contribution in [0.2, 0.25) is 0 Å². The van der Waals surface area contributed by atoms with Crippen LogP contribution in [0.5, 0.6) is 0 Å². The second-order valence-electron chi connectivity index (χ2n) is 4.15. The second kappa shape index (κ2) is 5.14. The van der Waals surface area contributed by atoms with Crippen LogP contribution in [-0.4, -0.2) is 34.1 Å². The number of carbonyl (C=O) groups excluding carboxylic acids is 1. The Kier molecular flexibility index (Phi) is 4.03. The number of carbonyl (C=O) groups is 2. The van der Waals surface area contributed by atoms with Crippen molar-refractivity contribution in [1.82, 2.24) is 0 Å². The molecule has 0 amide bonds. The van der Waals surface area contributed by atoms with Crippen molar-refractivity contribution in [2.24, 2.45) is 0 Å². The number of anilines is 1. The molecule has 3 N–H and O–H groups in total. The highest BCUT2D eigenvalue weighted by molar-refractivity contribution is 5.99. The minimum atomic E-state index is -2.00. The van der Waals surface area contributed by atoms with E-state index < -0.39 is 23.2 Å². The normalized spacial score (nSPS) is 13.8. The second-order valence-corrected chi connectivity index (χ2v) is 4.15. The van der Waals surface area contributed by atoms with Crippen LogP contribution in [0.3, 0.4) is 0 Å². The number of Topliss-reactive ketones (excluding diaryl/α,β-unsaturated/α-hetero) is 1. The lowest BCUT2D eigenvalue weighted by Crippen LogP contribution is -2.42. The number of aliphatic carboxylic acids is 1. The molecule has 0 aromatic heterocycles. The summed E-state index contributed by atoms with van der Waals surface area (Å²) in [6.45, 7) is 1.97. The fourth-order valence-electron chi connectivity index (χ4n) is 1.37. The number of aliphatic hydroxyl groups is 1. The van der Waals surface area contributed by atoms with Gasteiger partial charge in [-0.25, -0.2) is 9.18 Å². The Morgan fingerprint density at radius 3 is 2.56 bits per heavy atom. The van der Waals surface area contributed by atoms with E-state index in [1.54, 1.807) is 0 Å². The largest absolute Gasteiger partial charge is 0.479 e. The number of carboxylic acid groups (broad SMARTS) is 1. The molecule has 1 atom stereocenters. The van der Waals surface area contributed by atoms with Crippen LogP contribution in [0.15, 0.2) is 18.2 Å². The van der Waals surface area contributed by atoms with Crippen LogP contribution in [0.1, 0.15) is 24.2 Å². The molecule has 0 bridgehead atoms. The van der Waals surface area contributed by atoms with Crippen LogP contribution < -0.4 is 5.32 Å². The average Bonchev–Trinajstić information content (AvgIpc) is 2.25. The molecule has 0 unspecified atom stereocenters. The van der Waals surface area contributed by atoms with Crippen LogP contribution in [0, 0.1) is 5.82 Å². The lowest BCUT2D eigenvalue weighted by Gasteiger charge is -2.20. The molecule has 0 saturated heterocycles. The molecule has 1 rings (SSSR count). The fourth-order valence-corrected chi connectivity index (χ4v) is 1.37. The highest BCUT2D eigenvalue weighted by Crippen LogP contribution is 2.20. The van der Waals surface area contributed by atoms with E-state index in [4.69, 9.17) is 5.11 Å². The standard InChI is InChI=1S/C12H14FNO4/c1-7(15)10-8(13)4-3-5-9(10)14-6-12(2,18)11(16)17/h3-5,14,18H,6H2,1-2H3,(H,16,17)/t12-/m1/s1. The van der Waals surface area contributed by atoms with Crippen molar-refractivity contribution < 1.29 is 24.2 Å². The summed E-state index contributed by atoms with van der Waals surface area (Å²) in [4.78, 5) is 22.0. The maximum atomic E-state index is 13.4. The van der Waals surface area contributed by atoms with E-state index in [1.807, 2.05) is 0 Å². The minimum Gasteiger partial charge on any atom is -0.479 e. The van der Waals surface area contributed by atoms with Crippen LogP contribution in [0.25, 0.3) is 0 Å². The zero-order valence-electron chi connectivity index (χ0n) is 10.0. The number of halogens is 1. The third-order valence-corrected chi connectivity index (χ3v) is 2.45. The number of hydrogen-bond acceptors (Lipinski definition) is 4. The molecule has 0 radical (unpaired) electrons. The minimum absolute atomic E-state index is 0.154. The number of benzene rings is 1. The van der Waals surface area contributed by atoms with Crippen molar-refractivity contribution in [3.8, 4) is 0 Å². The average molecular weight is 255 g/mol. The Bertz CT molecular complexity index is 485. The molecular weight excluding hydrogens is 241 g/mol. The van der Waals surface area contributed by atoms with E-state index >= 15 is 0 Å². The van der Waals surface area contributed by atoms with Crippen molar-refractivity contribution in [3.05, 3.63) is 29.6 Å². The number of carboxylic acids is 1. The highest BCUT2D eigenvalue weighted by atomic mass is 19.1. The van der Waals surface area contributed by atoms with Gasteiger partial charge >= 0.3 is 5.97 Å². The van der Waals surface area contributed by atoms with Gasteiger partial charge in [-0.05, 0) is 26.0 Å². The van der Waals surface area contributed by atoms with Crippen molar-refractivity contribution in [2.75, 3.05) is 11.9 Å². The van der Waals surface area contributed by atoms with E-state index in [1.165, 1.54) is 19.1 Å². The van der Waals surface area contributed by atoms with Gasteiger partial charge in [0.25, 0.3) is 0 Å². The van der Waals surface area contributed by atoms with Gasteiger partial charge in [0, 0.05) is 5.69 Å². The molecule has 0 heterocycles. The lowest BCUT2D eigenvalue weighted by molar-refractivity contribution is -0.155. The smallest absolute Gasteiger partial charge is 0.337 e. The zero-order valence-corrected chi connectivity index (χ0v) is 10.0.